The number of hydrogen-bond acceptors (Lipinski definition) is 3. The summed E-state index contributed by atoms with van der Waals surface area (Å²) < 4.78 is 46.1. The van der Waals surface area contributed by atoms with E-state index < -0.39 is 11.7 Å². The Morgan fingerprint density at radius 2 is 1.87 bits per heavy atom. The number of halogens is 3. The third-order valence-electron chi connectivity index (χ3n) is 4.54. The molecule has 3 rings (SSSR count). The second-order valence-electron chi connectivity index (χ2n) is 6.28. The number of hydrogen-bond donors (Lipinski definition) is 1. The van der Waals surface area contributed by atoms with Crippen LogP contribution >= 0.6 is 0 Å². The van der Waals surface area contributed by atoms with Gasteiger partial charge in [0, 0.05) is 11.4 Å². The van der Waals surface area contributed by atoms with Crippen molar-refractivity contribution in [2.24, 2.45) is 0 Å². The number of benzene rings is 1. The SMILES string of the molecule is CN(C)C1CCC(Oc2ccc3[nH]ncc3c2C(F)(F)F)CC1. The molecule has 0 bridgehead atoms. The molecule has 23 heavy (non-hydrogen) atoms. The molecule has 1 heterocycles. The van der Waals surface area contributed by atoms with Gasteiger partial charge in [-0.05, 0) is 51.9 Å². The van der Waals surface area contributed by atoms with Gasteiger partial charge in [0.1, 0.15) is 11.3 Å². The first-order valence-corrected chi connectivity index (χ1v) is 7.72. The largest absolute Gasteiger partial charge is 0.490 e. The van der Waals surface area contributed by atoms with E-state index in [1.54, 1.807) is 6.07 Å². The molecule has 1 aliphatic rings. The fourth-order valence-corrected chi connectivity index (χ4v) is 3.25. The lowest BCUT2D eigenvalue weighted by molar-refractivity contribution is -0.138. The van der Waals surface area contributed by atoms with Crippen molar-refractivity contribution in [3.05, 3.63) is 23.9 Å². The molecule has 1 aromatic carbocycles. The number of alkyl halides is 3. The van der Waals surface area contributed by atoms with Gasteiger partial charge in [-0.3, -0.25) is 5.10 Å². The van der Waals surface area contributed by atoms with Gasteiger partial charge in [-0.1, -0.05) is 0 Å². The Labute approximate surface area is 132 Å². The smallest absolute Gasteiger partial charge is 0.420 e. The topological polar surface area (TPSA) is 41.1 Å². The lowest BCUT2D eigenvalue weighted by Gasteiger charge is -2.33. The maximum atomic E-state index is 13.4. The number of aromatic amines is 1. The second kappa shape index (κ2) is 6.03. The highest BCUT2D eigenvalue weighted by Crippen LogP contribution is 2.41. The summed E-state index contributed by atoms with van der Waals surface area (Å²) in [5.41, 5.74) is -0.375. The van der Waals surface area contributed by atoms with E-state index in [4.69, 9.17) is 4.74 Å². The van der Waals surface area contributed by atoms with E-state index in [1.165, 1.54) is 12.3 Å². The Morgan fingerprint density at radius 1 is 1.17 bits per heavy atom. The van der Waals surface area contributed by atoms with E-state index >= 15 is 0 Å². The Hall–Kier alpha value is -1.76. The lowest BCUT2D eigenvalue weighted by atomic mass is 9.92. The molecule has 2 aromatic rings. The van der Waals surface area contributed by atoms with Gasteiger partial charge < -0.3 is 9.64 Å². The van der Waals surface area contributed by atoms with Crippen molar-refractivity contribution in [3.63, 3.8) is 0 Å². The third-order valence-corrected chi connectivity index (χ3v) is 4.54. The van der Waals surface area contributed by atoms with Crippen molar-refractivity contribution in [1.82, 2.24) is 15.1 Å². The average Bonchev–Trinajstić information content (AvgIpc) is 2.94. The molecule has 126 valence electrons. The van der Waals surface area contributed by atoms with Crippen LogP contribution < -0.4 is 4.74 Å². The minimum atomic E-state index is -4.47. The lowest BCUT2D eigenvalue weighted by Crippen LogP contribution is -2.35. The second-order valence-corrected chi connectivity index (χ2v) is 6.28. The van der Waals surface area contributed by atoms with E-state index in [0.717, 1.165) is 25.7 Å². The summed E-state index contributed by atoms with van der Waals surface area (Å²) in [5, 5.41) is 6.33. The van der Waals surface area contributed by atoms with Gasteiger partial charge in [-0.2, -0.15) is 18.3 Å². The number of aromatic nitrogens is 2. The molecule has 1 aromatic heterocycles. The van der Waals surface area contributed by atoms with Crippen LogP contribution in [0.3, 0.4) is 0 Å². The molecule has 1 N–H and O–H groups in total. The van der Waals surface area contributed by atoms with Crippen molar-refractivity contribution < 1.29 is 17.9 Å². The monoisotopic (exact) mass is 327 g/mol. The highest BCUT2D eigenvalue weighted by Gasteiger charge is 2.38. The van der Waals surface area contributed by atoms with E-state index in [0.29, 0.717) is 11.6 Å². The molecule has 0 amide bonds. The normalized spacial score (nSPS) is 22.7. The van der Waals surface area contributed by atoms with Crippen LogP contribution in [0.5, 0.6) is 5.75 Å². The van der Waals surface area contributed by atoms with Crippen LogP contribution in [0.2, 0.25) is 0 Å². The molecule has 0 unspecified atom stereocenters. The van der Waals surface area contributed by atoms with Crippen molar-refractivity contribution in [2.75, 3.05) is 14.1 Å². The zero-order chi connectivity index (χ0) is 16.6. The summed E-state index contributed by atoms with van der Waals surface area (Å²) in [5.74, 6) is -0.0975. The van der Waals surface area contributed by atoms with E-state index in [9.17, 15) is 13.2 Å². The highest BCUT2D eigenvalue weighted by molar-refractivity contribution is 5.84. The molecular formula is C16H20F3N3O. The van der Waals surface area contributed by atoms with Crippen molar-refractivity contribution in [3.8, 4) is 5.75 Å². The predicted molar refractivity (Wildman–Crippen MR) is 81.5 cm³/mol. The van der Waals surface area contributed by atoms with Crippen molar-refractivity contribution in [1.29, 1.82) is 0 Å². The van der Waals surface area contributed by atoms with Gasteiger partial charge in [0.15, 0.2) is 0 Å². The quantitative estimate of drug-likeness (QED) is 0.931. The molecule has 1 fully saturated rings. The van der Waals surface area contributed by atoms with E-state index in [1.807, 2.05) is 14.1 Å². The number of ether oxygens (including phenoxy) is 1. The molecule has 0 radical (unpaired) electrons. The van der Waals surface area contributed by atoms with Crippen LogP contribution in [-0.2, 0) is 6.18 Å². The van der Waals surface area contributed by atoms with Crippen LogP contribution in [-0.4, -0.2) is 41.3 Å². The maximum Gasteiger partial charge on any atom is 0.420 e. The van der Waals surface area contributed by atoms with Crippen LogP contribution in [0, 0.1) is 0 Å². The van der Waals surface area contributed by atoms with Crippen molar-refractivity contribution >= 4 is 10.9 Å². The van der Waals surface area contributed by atoms with E-state index in [-0.39, 0.29) is 17.2 Å². The van der Waals surface area contributed by atoms with Gasteiger partial charge in [-0.15, -0.1) is 0 Å². The van der Waals surface area contributed by atoms with Crippen LogP contribution in [0.15, 0.2) is 18.3 Å². The molecule has 4 nitrogen and oxygen atoms in total. The summed E-state index contributed by atoms with van der Waals surface area (Å²) in [6.45, 7) is 0. The molecule has 1 saturated carbocycles. The van der Waals surface area contributed by atoms with Crippen LogP contribution in [0.1, 0.15) is 31.2 Å². The zero-order valence-electron chi connectivity index (χ0n) is 13.2. The molecule has 0 atom stereocenters. The Kier molecular flexibility index (Phi) is 4.23. The summed E-state index contributed by atoms with van der Waals surface area (Å²) in [6.07, 6.45) is -0.0303. The molecule has 0 saturated heterocycles. The number of nitrogens with one attached hydrogen (secondary N) is 1. The average molecular weight is 327 g/mol. The summed E-state index contributed by atoms with van der Waals surface area (Å²) in [7, 11) is 4.06. The van der Waals surface area contributed by atoms with Gasteiger partial charge in [0.25, 0.3) is 0 Å². The number of nitrogens with zero attached hydrogens (tertiary/aromatic N) is 2. The standard InChI is InChI=1S/C16H20F3N3O/c1-22(2)10-3-5-11(6-4-10)23-14-8-7-13-12(9-20-21-13)15(14)16(17,18)19/h7-11H,3-6H2,1-2H3,(H,20,21). The van der Waals surface area contributed by atoms with Gasteiger partial charge >= 0.3 is 6.18 Å². The van der Waals surface area contributed by atoms with Crippen LogP contribution in [0.25, 0.3) is 10.9 Å². The first kappa shape index (κ1) is 16.1. The number of H-pyrrole nitrogens is 1. The summed E-state index contributed by atoms with van der Waals surface area (Å²) >= 11 is 0. The maximum absolute atomic E-state index is 13.4. The first-order valence-electron chi connectivity index (χ1n) is 7.72. The first-order chi connectivity index (χ1) is 10.9. The fraction of sp³-hybridized carbons (Fsp3) is 0.562. The van der Waals surface area contributed by atoms with Gasteiger partial charge in [0.2, 0.25) is 0 Å². The van der Waals surface area contributed by atoms with Crippen LogP contribution in [0.4, 0.5) is 13.2 Å². The molecule has 0 aliphatic heterocycles. The minimum Gasteiger partial charge on any atom is -0.490 e. The zero-order valence-corrected chi connectivity index (χ0v) is 13.2. The van der Waals surface area contributed by atoms with Gasteiger partial charge in [-0.25, -0.2) is 0 Å². The Bertz CT molecular complexity index is 673. The van der Waals surface area contributed by atoms with Gasteiger partial charge in [0.05, 0.1) is 17.8 Å². The molecular weight excluding hydrogens is 307 g/mol. The molecule has 0 spiro atoms. The Morgan fingerprint density at radius 3 is 2.48 bits per heavy atom. The predicted octanol–water partition coefficient (Wildman–Crippen LogP) is 3.83. The molecule has 1 aliphatic carbocycles. The third kappa shape index (κ3) is 3.29. The van der Waals surface area contributed by atoms with E-state index in [2.05, 4.69) is 15.1 Å². The summed E-state index contributed by atoms with van der Waals surface area (Å²) in [4.78, 5) is 2.16. The molecule has 7 heteroatoms. The number of rotatable bonds is 3. The Balaban J connectivity index is 1.83. The number of fused-ring (bicyclic) bond motifs is 1. The summed E-state index contributed by atoms with van der Waals surface area (Å²) in [6, 6.07) is 3.45. The minimum absolute atomic E-state index is 0.0528. The highest BCUT2D eigenvalue weighted by atomic mass is 19.4. The fourth-order valence-electron chi connectivity index (χ4n) is 3.25. The van der Waals surface area contributed by atoms with Crippen molar-refractivity contribution in [2.45, 2.75) is 44.0 Å².